The zero-order valence-electron chi connectivity index (χ0n) is 12.0. The summed E-state index contributed by atoms with van der Waals surface area (Å²) in [7, 11) is 0. The first-order valence-electron chi connectivity index (χ1n) is 6.82. The van der Waals surface area contributed by atoms with Crippen LogP contribution >= 0.6 is 11.8 Å². The minimum Gasteiger partial charge on any atom is -0.508 e. The van der Waals surface area contributed by atoms with Gasteiger partial charge < -0.3 is 5.11 Å². The van der Waals surface area contributed by atoms with Crippen molar-refractivity contribution in [3.8, 4) is 5.75 Å². The van der Waals surface area contributed by atoms with E-state index in [9.17, 15) is 9.90 Å². The van der Waals surface area contributed by atoms with Crippen LogP contribution in [0, 0.1) is 6.92 Å². The third-order valence-corrected chi connectivity index (χ3v) is 4.20. The van der Waals surface area contributed by atoms with Crippen LogP contribution in [0.5, 0.6) is 5.75 Å². The lowest BCUT2D eigenvalue weighted by molar-refractivity contribution is 0.102. The number of rotatable bonds is 4. The second-order valence-corrected chi connectivity index (χ2v) is 5.82. The molecule has 5 heteroatoms. The number of aromatic hydroxyl groups is 1. The number of ketones is 1. The topological polar surface area (TPSA) is 63.1 Å². The van der Waals surface area contributed by atoms with Gasteiger partial charge in [0.25, 0.3) is 0 Å². The molecule has 0 bridgehead atoms. The van der Waals surface area contributed by atoms with Gasteiger partial charge in [0.2, 0.25) is 0 Å². The number of fused-ring (bicyclic) bond motifs is 1. The van der Waals surface area contributed by atoms with Gasteiger partial charge >= 0.3 is 0 Å². The first-order chi connectivity index (χ1) is 10.6. The second kappa shape index (κ2) is 6.15. The molecule has 0 saturated carbocycles. The smallest absolute Gasteiger partial charge is 0.173 e. The predicted molar refractivity (Wildman–Crippen MR) is 87.4 cm³/mol. The third-order valence-electron chi connectivity index (χ3n) is 3.21. The molecule has 1 N–H and O–H groups in total. The summed E-state index contributed by atoms with van der Waals surface area (Å²) in [5.41, 5.74) is 1.47. The van der Waals surface area contributed by atoms with Gasteiger partial charge in [-0.15, -0.1) is 0 Å². The third kappa shape index (κ3) is 3.09. The highest BCUT2D eigenvalue weighted by Crippen LogP contribution is 2.26. The molecule has 3 rings (SSSR count). The van der Waals surface area contributed by atoms with Crippen LogP contribution in [0.25, 0.3) is 10.9 Å². The summed E-state index contributed by atoms with van der Waals surface area (Å²) in [5.74, 6) is 1.15. The Hall–Kier alpha value is -2.40. The highest BCUT2D eigenvalue weighted by molar-refractivity contribution is 8.00. The number of hydrogen-bond acceptors (Lipinski definition) is 5. The van der Waals surface area contributed by atoms with Crippen molar-refractivity contribution in [1.29, 1.82) is 0 Å². The lowest BCUT2D eigenvalue weighted by atomic mass is 10.1. The van der Waals surface area contributed by atoms with Crippen molar-refractivity contribution in [2.24, 2.45) is 0 Å². The zero-order chi connectivity index (χ0) is 15.5. The number of carbonyl (C=O) groups excluding carboxylic acids is 1. The first-order valence-corrected chi connectivity index (χ1v) is 7.80. The Bertz CT molecular complexity index is 832. The van der Waals surface area contributed by atoms with Crippen LogP contribution in [0.15, 0.2) is 53.6 Å². The molecule has 1 aromatic heterocycles. The maximum Gasteiger partial charge on any atom is 0.173 e. The maximum atomic E-state index is 12.2. The van der Waals surface area contributed by atoms with Gasteiger partial charge in [-0.3, -0.25) is 4.79 Å². The maximum absolute atomic E-state index is 12.2. The molecule has 0 spiro atoms. The van der Waals surface area contributed by atoms with Gasteiger partial charge in [-0.05, 0) is 37.3 Å². The number of phenolic OH excluding ortho intramolecular Hbond substituents is 1. The molecule has 0 radical (unpaired) electrons. The summed E-state index contributed by atoms with van der Waals surface area (Å²) in [4.78, 5) is 21.0. The van der Waals surface area contributed by atoms with Gasteiger partial charge in [-0.25, -0.2) is 9.97 Å². The van der Waals surface area contributed by atoms with Crippen LogP contribution in [0.4, 0.5) is 0 Å². The Morgan fingerprint density at radius 2 is 1.82 bits per heavy atom. The Labute approximate surface area is 132 Å². The molecule has 4 nitrogen and oxygen atoms in total. The van der Waals surface area contributed by atoms with Crippen molar-refractivity contribution in [2.45, 2.75) is 11.9 Å². The van der Waals surface area contributed by atoms with Crippen LogP contribution in [0.2, 0.25) is 0 Å². The van der Waals surface area contributed by atoms with Crippen molar-refractivity contribution in [3.63, 3.8) is 0 Å². The predicted octanol–water partition coefficient (Wildman–Crippen LogP) is 3.62. The minimum atomic E-state index is 0.00495. The van der Waals surface area contributed by atoms with Crippen molar-refractivity contribution in [3.05, 3.63) is 59.9 Å². The average molecular weight is 310 g/mol. The van der Waals surface area contributed by atoms with Crippen LogP contribution < -0.4 is 0 Å². The van der Waals surface area contributed by atoms with E-state index in [0.29, 0.717) is 17.1 Å². The van der Waals surface area contributed by atoms with Crippen LogP contribution in [0.3, 0.4) is 0 Å². The summed E-state index contributed by atoms with van der Waals surface area (Å²) >= 11 is 1.41. The molecule has 0 saturated heterocycles. The summed E-state index contributed by atoms with van der Waals surface area (Å²) in [5, 5.41) is 11.0. The second-order valence-electron chi connectivity index (χ2n) is 4.85. The number of carbonyl (C=O) groups is 1. The molecule has 0 aliphatic rings. The number of Topliss-reactive ketones (excluding diaryl/α,β-unsaturated/α-hetero) is 1. The minimum absolute atomic E-state index is 0.00495. The van der Waals surface area contributed by atoms with E-state index in [4.69, 9.17) is 0 Å². The van der Waals surface area contributed by atoms with E-state index >= 15 is 0 Å². The van der Waals surface area contributed by atoms with Crippen molar-refractivity contribution in [2.75, 3.05) is 5.75 Å². The van der Waals surface area contributed by atoms with E-state index in [2.05, 4.69) is 9.97 Å². The molecule has 110 valence electrons. The molecule has 0 amide bonds. The lowest BCUT2D eigenvalue weighted by Gasteiger charge is -2.06. The molecular formula is C17H14N2O2S. The zero-order valence-corrected chi connectivity index (χ0v) is 12.8. The van der Waals surface area contributed by atoms with E-state index in [1.807, 2.05) is 31.2 Å². The van der Waals surface area contributed by atoms with Crippen LogP contribution in [-0.4, -0.2) is 26.6 Å². The Morgan fingerprint density at radius 1 is 1.09 bits per heavy atom. The molecule has 0 unspecified atom stereocenters. The van der Waals surface area contributed by atoms with Crippen molar-refractivity contribution >= 4 is 28.4 Å². The molecule has 3 aromatic rings. The van der Waals surface area contributed by atoms with E-state index in [1.54, 1.807) is 12.1 Å². The summed E-state index contributed by atoms with van der Waals surface area (Å²) in [6.07, 6.45) is 0. The van der Waals surface area contributed by atoms with E-state index in [-0.39, 0.29) is 11.5 Å². The SMILES string of the molecule is Cc1nc(SCC(=O)c2ccc(O)cc2)c2ccccc2n1. The van der Waals surface area contributed by atoms with Crippen LogP contribution in [0.1, 0.15) is 16.2 Å². The number of benzene rings is 2. The Morgan fingerprint density at radius 3 is 2.59 bits per heavy atom. The lowest BCUT2D eigenvalue weighted by Crippen LogP contribution is -2.03. The van der Waals surface area contributed by atoms with E-state index < -0.39 is 0 Å². The summed E-state index contributed by atoms with van der Waals surface area (Å²) in [6, 6.07) is 14.1. The number of thioether (sulfide) groups is 1. The molecule has 0 atom stereocenters. The Kier molecular flexibility index (Phi) is 4.06. The Balaban J connectivity index is 1.82. The number of aromatic nitrogens is 2. The monoisotopic (exact) mass is 310 g/mol. The van der Waals surface area contributed by atoms with Crippen molar-refractivity contribution < 1.29 is 9.90 Å². The fourth-order valence-corrected chi connectivity index (χ4v) is 3.09. The highest BCUT2D eigenvalue weighted by Gasteiger charge is 2.10. The number of aryl methyl sites for hydroxylation is 1. The average Bonchev–Trinajstić information content (AvgIpc) is 2.52. The number of phenols is 1. The van der Waals surface area contributed by atoms with E-state index in [1.165, 1.54) is 23.9 Å². The van der Waals surface area contributed by atoms with Gasteiger partial charge in [-0.1, -0.05) is 30.0 Å². The molecule has 1 heterocycles. The molecule has 0 aliphatic carbocycles. The molecular weight excluding hydrogens is 296 g/mol. The van der Waals surface area contributed by atoms with Gasteiger partial charge in [0.1, 0.15) is 16.6 Å². The molecule has 0 fully saturated rings. The highest BCUT2D eigenvalue weighted by atomic mass is 32.2. The van der Waals surface area contributed by atoms with E-state index in [0.717, 1.165) is 15.9 Å². The summed E-state index contributed by atoms with van der Waals surface area (Å²) < 4.78 is 0. The number of hydrogen-bond donors (Lipinski definition) is 1. The molecule has 0 aliphatic heterocycles. The molecule has 2 aromatic carbocycles. The fourth-order valence-electron chi connectivity index (χ4n) is 2.13. The van der Waals surface area contributed by atoms with Gasteiger partial charge in [0.15, 0.2) is 5.78 Å². The van der Waals surface area contributed by atoms with Crippen LogP contribution in [-0.2, 0) is 0 Å². The summed E-state index contributed by atoms with van der Waals surface area (Å²) in [6.45, 7) is 1.85. The molecule has 22 heavy (non-hydrogen) atoms. The largest absolute Gasteiger partial charge is 0.508 e. The van der Waals surface area contributed by atoms with Gasteiger partial charge in [0, 0.05) is 10.9 Å². The fraction of sp³-hybridized carbons (Fsp3) is 0.118. The number of nitrogens with zero attached hydrogens (tertiary/aromatic N) is 2. The normalized spacial score (nSPS) is 10.8. The van der Waals surface area contributed by atoms with Crippen molar-refractivity contribution in [1.82, 2.24) is 9.97 Å². The quantitative estimate of drug-likeness (QED) is 0.453. The van der Waals surface area contributed by atoms with Gasteiger partial charge in [0.05, 0.1) is 11.3 Å². The van der Waals surface area contributed by atoms with Gasteiger partial charge in [-0.2, -0.15) is 0 Å². The standard InChI is InChI=1S/C17H14N2O2S/c1-11-18-15-5-3-2-4-14(15)17(19-11)22-10-16(21)12-6-8-13(20)9-7-12/h2-9,20H,10H2,1H3. The first kappa shape index (κ1) is 14.5. The number of para-hydroxylation sites is 1.